The van der Waals surface area contributed by atoms with Crippen LogP contribution in [-0.4, -0.2) is 16.9 Å². The molecule has 1 aromatic carbocycles. The Hall–Kier alpha value is -1.40. The summed E-state index contributed by atoms with van der Waals surface area (Å²) in [6.07, 6.45) is 0.501. The van der Waals surface area contributed by atoms with Crippen LogP contribution in [0, 0.1) is 12.7 Å². The summed E-state index contributed by atoms with van der Waals surface area (Å²) in [5.74, 6) is 0.128. The molecular weight excluding hydrogens is 325 g/mol. The molecule has 108 valence electrons. The first-order valence-corrected chi connectivity index (χ1v) is 7.00. The number of ether oxygens (including phenoxy) is 1. The minimum atomic E-state index is -0.438. The number of nitrogens with two attached hydrogens (primary N) is 1. The van der Waals surface area contributed by atoms with Crippen LogP contribution >= 0.6 is 15.9 Å². The van der Waals surface area contributed by atoms with E-state index in [2.05, 4.69) is 21.0 Å². The summed E-state index contributed by atoms with van der Waals surface area (Å²) >= 11 is 3.49. The number of nitrogens with zero attached hydrogens (tertiary/aromatic N) is 2. The standard InChI is InChI=1S/C14H17BrFN3O/c1-8-14(15)13(19(2)18-8)7-12(17)10-5-4-9(20-3)6-11(10)16/h4-6,12H,7,17H2,1-3H3. The Bertz CT molecular complexity index is 627. The molecule has 0 aliphatic rings. The third-order valence-corrected chi connectivity index (χ3v) is 4.31. The first-order chi connectivity index (χ1) is 9.43. The summed E-state index contributed by atoms with van der Waals surface area (Å²) < 4.78 is 21.7. The molecule has 20 heavy (non-hydrogen) atoms. The summed E-state index contributed by atoms with van der Waals surface area (Å²) in [7, 11) is 3.36. The van der Waals surface area contributed by atoms with E-state index < -0.39 is 6.04 Å². The fraction of sp³-hybridized carbons (Fsp3) is 0.357. The molecule has 0 aliphatic heterocycles. The van der Waals surface area contributed by atoms with Crippen LogP contribution in [0.2, 0.25) is 0 Å². The summed E-state index contributed by atoms with van der Waals surface area (Å²) in [5.41, 5.74) is 8.44. The van der Waals surface area contributed by atoms with Crippen LogP contribution in [-0.2, 0) is 13.5 Å². The van der Waals surface area contributed by atoms with Gasteiger partial charge in [0.05, 0.1) is 23.0 Å². The van der Waals surface area contributed by atoms with E-state index in [1.54, 1.807) is 16.8 Å². The highest BCUT2D eigenvalue weighted by Crippen LogP contribution is 2.27. The van der Waals surface area contributed by atoms with E-state index in [1.807, 2.05) is 14.0 Å². The molecule has 0 radical (unpaired) electrons. The average Bonchev–Trinajstić information content (AvgIpc) is 2.65. The molecule has 1 atom stereocenters. The molecule has 1 unspecified atom stereocenters. The van der Waals surface area contributed by atoms with Gasteiger partial charge >= 0.3 is 0 Å². The van der Waals surface area contributed by atoms with Gasteiger partial charge in [-0.3, -0.25) is 4.68 Å². The molecule has 4 nitrogen and oxygen atoms in total. The third kappa shape index (κ3) is 2.86. The fourth-order valence-electron chi connectivity index (χ4n) is 2.16. The van der Waals surface area contributed by atoms with Crippen molar-refractivity contribution in [2.45, 2.75) is 19.4 Å². The molecule has 0 fully saturated rings. The van der Waals surface area contributed by atoms with Gasteiger partial charge in [0.15, 0.2) is 0 Å². The van der Waals surface area contributed by atoms with Crippen molar-refractivity contribution in [1.82, 2.24) is 9.78 Å². The van der Waals surface area contributed by atoms with E-state index >= 15 is 0 Å². The number of hydrogen-bond donors (Lipinski definition) is 1. The van der Waals surface area contributed by atoms with Crippen molar-refractivity contribution >= 4 is 15.9 Å². The van der Waals surface area contributed by atoms with Crippen LogP contribution in [0.5, 0.6) is 5.75 Å². The van der Waals surface area contributed by atoms with Gasteiger partial charge in [-0.15, -0.1) is 0 Å². The van der Waals surface area contributed by atoms with Gasteiger partial charge < -0.3 is 10.5 Å². The van der Waals surface area contributed by atoms with Crippen LogP contribution in [0.4, 0.5) is 4.39 Å². The van der Waals surface area contributed by atoms with Gasteiger partial charge in [0.1, 0.15) is 11.6 Å². The highest BCUT2D eigenvalue weighted by Gasteiger charge is 2.18. The Balaban J connectivity index is 2.26. The smallest absolute Gasteiger partial charge is 0.131 e. The van der Waals surface area contributed by atoms with Gasteiger partial charge in [0.2, 0.25) is 0 Å². The van der Waals surface area contributed by atoms with Crippen molar-refractivity contribution in [3.63, 3.8) is 0 Å². The lowest BCUT2D eigenvalue weighted by Crippen LogP contribution is -2.17. The van der Waals surface area contributed by atoms with E-state index in [0.717, 1.165) is 15.9 Å². The second-order valence-corrected chi connectivity index (χ2v) is 5.46. The minimum Gasteiger partial charge on any atom is -0.497 e. The lowest BCUT2D eigenvalue weighted by Gasteiger charge is -2.14. The van der Waals surface area contributed by atoms with Crippen molar-refractivity contribution in [2.24, 2.45) is 12.8 Å². The van der Waals surface area contributed by atoms with Crippen molar-refractivity contribution in [3.8, 4) is 5.75 Å². The molecule has 2 N–H and O–H groups in total. The lowest BCUT2D eigenvalue weighted by atomic mass is 10.0. The molecular formula is C14H17BrFN3O. The maximum atomic E-state index is 14.0. The topological polar surface area (TPSA) is 53.1 Å². The molecule has 2 rings (SSSR count). The number of hydrogen-bond acceptors (Lipinski definition) is 3. The highest BCUT2D eigenvalue weighted by molar-refractivity contribution is 9.10. The normalized spacial score (nSPS) is 12.5. The number of rotatable bonds is 4. The molecule has 0 spiro atoms. The Morgan fingerprint density at radius 1 is 1.50 bits per heavy atom. The van der Waals surface area contributed by atoms with Crippen molar-refractivity contribution in [3.05, 3.63) is 45.4 Å². The lowest BCUT2D eigenvalue weighted by molar-refractivity contribution is 0.410. The third-order valence-electron chi connectivity index (χ3n) is 3.28. The van der Waals surface area contributed by atoms with E-state index in [4.69, 9.17) is 10.5 Å². The molecule has 1 aromatic heterocycles. The summed E-state index contributed by atoms with van der Waals surface area (Å²) in [5, 5.41) is 4.31. The number of halogens is 2. The Morgan fingerprint density at radius 3 is 2.70 bits per heavy atom. The van der Waals surface area contributed by atoms with Crippen molar-refractivity contribution in [2.75, 3.05) is 7.11 Å². The largest absolute Gasteiger partial charge is 0.497 e. The molecule has 6 heteroatoms. The zero-order valence-corrected chi connectivity index (χ0v) is 13.2. The van der Waals surface area contributed by atoms with Crippen molar-refractivity contribution < 1.29 is 9.13 Å². The number of benzene rings is 1. The van der Waals surface area contributed by atoms with Gasteiger partial charge in [-0.2, -0.15) is 5.10 Å². The quantitative estimate of drug-likeness (QED) is 0.930. The summed E-state index contributed by atoms with van der Waals surface area (Å²) in [4.78, 5) is 0. The van der Waals surface area contributed by atoms with E-state index in [9.17, 15) is 4.39 Å². The van der Waals surface area contributed by atoms with Crippen LogP contribution in [0.1, 0.15) is 23.0 Å². The zero-order valence-electron chi connectivity index (χ0n) is 11.7. The number of aryl methyl sites for hydroxylation is 2. The second kappa shape index (κ2) is 5.93. The molecule has 0 amide bonds. The predicted octanol–water partition coefficient (Wildman–Crippen LogP) is 2.88. The van der Waals surface area contributed by atoms with Gasteiger partial charge in [-0.05, 0) is 28.9 Å². The number of aromatic nitrogens is 2. The molecule has 0 aliphatic carbocycles. The first-order valence-electron chi connectivity index (χ1n) is 6.21. The SMILES string of the molecule is COc1ccc(C(N)Cc2c(Br)c(C)nn2C)c(F)c1. The van der Waals surface area contributed by atoms with E-state index in [0.29, 0.717) is 17.7 Å². The van der Waals surface area contributed by atoms with Crippen LogP contribution in [0.25, 0.3) is 0 Å². The van der Waals surface area contributed by atoms with Gasteiger partial charge in [-0.1, -0.05) is 6.07 Å². The van der Waals surface area contributed by atoms with E-state index in [1.165, 1.54) is 13.2 Å². The Morgan fingerprint density at radius 2 is 2.20 bits per heavy atom. The summed E-state index contributed by atoms with van der Waals surface area (Å²) in [6.45, 7) is 1.91. The average molecular weight is 342 g/mol. The second-order valence-electron chi connectivity index (χ2n) is 4.67. The van der Waals surface area contributed by atoms with Crippen LogP contribution in [0.15, 0.2) is 22.7 Å². The fourth-order valence-corrected chi connectivity index (χ4v) is 2.65. The zero-order chi connectivity index (χ0) is 14.9. The van der Waals surface area contributed by atoms with Gasteiger partial charge in [0.25, 0.3) is 0 Å². The van der Waals surface area contributed by atoms with Gasteiger partial charge in [-0.25, -0.2) is 4.39 Å². The van der Waals surface area contributed by atoms with Crippen molar-refractivity contribution in [1.29, 1.82) is 0 Å². The molecule has 0 bridgehead atoms. The first kappa shape index (κ1) is 15.0. The maximum absolute atomic E-state index is 14.0. The molecule has 0 saturated carbocycles. The Kier molecular flexibility index (Phi) is 4.45. The van der Waals surface area contributed by atoms with Crippen LogP contribution < -0.4 is 10.5 Å². The van der Waals surface area contributed by atoms with E-state index in [-0.39, 0.29) is 5.82 Å². The molecule has 0 saturated heterocycles. The summed E-state index contributed by atoms with van der Waals surface area (Å²) in [6, 6.07) is 4.28. The van der Waals surface area contributed by atoms with Crippen LogP contribution in [0.3, 0.4) is 0 Å². The maximum Gasteiger partial charge on any atom is 0.131 e. The molecule has 2 aromatic rings. The molecule has 1 heterocycles. The van der Waals surface area contributed by atoms with Gasteiger partial charge in [0, 0.05) is 31.1 Å². The number of methoxy groups -OCH3 is 1. The monoisotopic (exact) mass is 341 g/mol. The highest BCUT2D eigenvalue weighted by atomic mass is 79.9. The predicted molar refractivity (Wildman–Crippen MR) is 79.2 cm³/mol. The minimum absolute atomic E-state index is 0.355. The Labute approximate surface area is 125 Å².